The molecule has 3 aromatic rings. The summed E-state index contributed by atoms with van der Waals surface area (Å²) in [7, 11) is 0. The average molecular weight is 486 g/mol. The molecule has 0 spiro atoms. The van der Waals surface area contributed by atoms with E-state index in [1.54, 1.807) is 12.1 Å². The maximum absolute atomic E-state index is 11.1. The summed E-state index contributed by atoms with van der Waals surface area (Å²) in [4.78, 5) is 11.1. The molecular weight excluding hydrogens is 461 g/mol. The number of benzene rings is 2. The van der Waals surface area contributed by atoms with Crippen LogP contribution in [0.3, 0.4) is 0 Å². The number of aromatic nitrogens is 1. The lowest BCUT2D eigenvalue weighted by Crippen LogP contribution is -2.21. The molecule has 2 saturated carbocycles. The first kappa shape index (κ1) is 22.5. The van der Waals surface area contributed by atoms with Crippen molar-refractivity contribution in [2.24, 2.45) is 0 Å². The van der Waals surface area contributed by atoms with E-state index in [1.165, 1.54) is 5.56 Å². The predicted molar refractivity (Wildman–Crippen MR) is 127 cm³/mol. The summed E-state index contributed by atoms with van der Waals surface area (Å²) in [6.07, 6.45) is 6.30. The number of ether oxygens (including phenoxy) is 1. The average Bonchev–Trinajstić information content (AvgIpc) is 3.58. The minimum atomic E-state index is -0.893. The van der Waals surface area contributed by atoms with Crippen LogP contribution in [0.2, 0.25) is 10.0 Å². The molecule has 0 unspecified atom stereocenters. The molecule has 33 heavy (non-hydrogen) atoms. The summed E-state index contributed by atoms with van der Waals surface area (Å²) < 4.78 is 12.1. The lowest BCUT2D eigenvalue weighted by atomic mass is 9.82. The van der Waals surface area contributed by atoms with Crippen LogP contribution in [0.4, 0.5) is 0 Å². The van der Waals surface area contributed by atoms with Gasteiger partial charge in [0, 0.05) is 17.0 Å². The number of carbonyl (C=O) groups is 1. The van der Waals surface area contributed by atoms with Gasteiger partial charge < -0.3 is 14.4 Å². The highest BCUT2D eigenvalue weighted by molar-refractivity contribution is 6.39. The number of nitrogens with zero attached hydrogens (tertiary/aromatic N) is 1. The Balaban J connectivity index is 1.26. The van der Waals surface area contributed by atoms with Gasteiger partial charge in [0.15, 0.2) is 0 Å². The summed E-state index contributed by atoms with van der Waals surface area (Å²) in [5, 5.41) is 14.5. The second kappa shape index (κ2) is 9.49. The molecule has 0 amide bonds. The van der Waals surface area contributed by atoms with Gasteiger partial charge in [-0.15, -0.1) is 0 Å². The quantitative estimate of drug-likeness (QED) is 0.375. The van der Waals surface area contributed by atoms with Gasteiger partial charge in [0.05, 0.1) is 28.3 Å². The molecule has 2 fully saturated rings. The summed E-state index contributed by atoms with van der Waals surface area (Å²) in [5.74, 6) is 0.835. The number of halogens is 2. The van der Waals surface area contributed by atoms with Gasteiger partial charge >= 0.3 is 5.97 Å². The van der Waals surface area contributed by atoms with Gasteiger partial charge in [0.2, 0.25) is 0 Å². The molecule has 0 bridgehead atoms. The Labute approximate surface area is 202 Å². The van der Waals surface area contributed by atoms with Crippen LogP contribution in [-0.2, 0) is 11.3 Å². The zero-order valence-electron chi connectivity index (χ0n) is 18.1. The first-order valence-electron chi connectivity index (χ1n) is 11.4. The SMILES string of the molecule is O=C(O)c1ccc(C2CCC(OCc3c(-c4c(Cl)cccc4Cl)noc3C3CC3)CC2)cc1. The van der Waals surface area contributed by atoms with Crippen molar-refractivity contribution in [1.29, 1.82) is 0 Å². The molecule has 2 aliphatic rings. The maximum atomic E-state index is 11.1. The normalized spacial score (nSPS) is 20.7. The number of carboxylic acids is 1. The van der Waals surface area contributed by atoms with Crippen molar-refractivity contribution in [3.63, 3.8) is 0 Å². The molecule has 1 aromatic heterocycles. The molecule has 1 heterocycles. The Kier molecular flexibility index (Phi) is 6.46. The van der Waals surface area contributed by atoms with Crippen LogP contribution < -0.4 is 0 Å². The first-order valence-corrected chi connectivity index (χ1v) is 12.1. The molecule has 5 nitrogen and oxygen atoms in total. The van der Waals surface area contributed by atoms with Crippen LogP contribution in [0.25, 0.3) is 11.3 Å². The van der Waals surface area contributed by atoms with Crippen molar-refractivity contribution in [2.75, 3.05) is 0 Å². The van der Waals surface area contributed by atoms with Crippen molar-refractivity contribution in [3.05, 3.63) is 75.0 Å². The van der Waals surface area contributed by atoms with Gasteiger partial charge in [0.25, 0.3) is 0 Å². The molecule has 7 heteroatoms. The monoisotopic (exact) mass is 485 g/mol. The molecule has 5 rings (SSSR count). The summed E-state index contributed by atoms with van der Waals surface area (Å²) in [5.41, 5.74) is 3.86. The Hall–Kier alpha value is -2.34. The van der Waals surface area contributed by atoms with E-state index in [4.69, 9.17) is 37.6 Å². The zero-order chi connectivity index (χ0) is 22.9. The van der Waals surface area contributed by atoms with Crippen molar-refractivity contribution < 1.29 is 19.2 Å². The third kappa shape index (κ3) is 4.81. The Morgan fingerprint density at radius 2 is 1.61 bits per heavy atom. The number of hydrogen-bond acceptors (Lipinski definition) is 4. The standard InChI is InChI=1S/C26H25Cl2NO4/c27-21-2-1-3-22(28)23(21)24-20(25(33-29-24)17-6-7-17)14-32-19-12-10-16(11-13-19)15-4-8-18(9-5-15)26(30)31/h1-5,8-9,16-17,19H,6-7,10-14H2,(H,30,31). The molecule has 0 atom stereocenters. The predicted octanol–water partition coefficient (Wildman–Crippen LogP) is 7.47. The van der Waals surface area contributed by atoms with Gasteiger partial charge in [-0.2, -0.15) is 0 Å². The molecule has 0 aliphatic heterocycles. The van der Waals surface area contributed by atoms with Gasteiger partial charge in [-0.25, -0.2) is 4.79 Å². The smallest absolute Gasteiger partial charge is 0.335 e. The second-order valence-corrected chi connectivity index (χ2v) is 9.77. The summed E-state index contributed by atoms with van der Waals surface area (Å²) >= 11 is 12.9. The van der Waals surface area contributed by atoms with Crippen molar-refractivity contribution >= 4 is 29.2 Å². The van der Waals surface area contributed by atoms with Crippen molar-refractivity contribution in [1.82, 2.24) is 5.16 Å². The highest BCUT2D eigenvalue weighted by atomic mass is 35.5. The summed E-state index contributed by atoms with van der Waals surface area (Å²) in [6, 6.07) is 12.7. The molecule has 0 radical (unpaired) electrons. The first-order chi connectivity index (χ1) is 16.0. The fraction of sp³-hybridized carbons (Fsp3) is 0.385. The van der Waals surface area contributed by atoms with E-state index in [2.05, 4.69) is 5.16 Å². The molecule has 172 valence electrons. The third-order valence-corrected chi connectivity index (χ3v) is 7.36. The van der Waals surface area contributed by atoms with Crippen LogP contribution in [0.5, 0.6) is 0 Å². The van der Waals surface area contributed by atoms with E-state index in [1.807, 2.05) is 30.3 Å². The molecule has 1 N–H and O–H groups in total. The van der Waals surface area contributed by atoms with Crippen LogP contribution in [0.15, 0.2) is 47.0 Å². The molecule has 2 aliphatic carbocycles. The topological polar surface area (TPSA) is 72.6 Å². The van der Waals surface area contributed by atoms with Gasteiger partial charge in [-0.3, -0.25) is 0 Å². The van der Waals surface area contributed by atoms with Crippen LogP contribution in [-0.4, -0.2) is 22.3 Å². The molecule has 2 aromatic carbocycles. The fourth-order valence-corrected chi connectivity index (χ4v) is 5.29. The van der Waals surface area contributed by atoms with E-state index in [9.17, 15) is 4.79 Å². The van der Waals surface area contributed by atoms with Crippen LogP contribution >= 0.6 is 23.2 Å². The third-order valence-electron chi connectivity index (χ3n) is 6.73. The van der Waals surface area contributed by atoms with E-state index in [0.717, 1.165) is 49.8 Å². The largest absolute Gasteiger partial charge is 0.478 e. The number of rotatable bonds is 7. The Bertz CT molecular complexity index is 1130. The zero-order valence-corrected chi connectivity index (χ0v) is 19.6. The fourth-order valence-electron chi connectivity index (χ4n) is 4.71. The Morgan fingerprint density at radius 1 is 0.970 bits per heavy atom. The van der Waals surface area contributed by atoms with Crippen LogP contribution in [0.1, 0.15) is 77.6 Å². The maximum Gasteiger partial charge on any atom is 0.335 e. The number of aromatic carboxylic acids is 1. The number of hydrogen-bond donors (Lipinski definition) is 1. The minimum Gasteiger partial charge on any atom is -0.478 e. The van der Waals surface area contributed by atoms with Crippen LogP contribution in [0, 0.1) is 0 Å². The van der Waals surface area contributed by atoms with Gasteiger partial charge in [-0.1, -0.05) is 46.6 Å². The van der Waals surface area contributed by atoms with E-state index in [-0.39, 0.29) is 6.10 Å². The van der Waals surface area contributed by atoms with E-state index in [0.29, 0.717) is 45.3 Å². The van der Waals surface area contributed by atoms with E-state index >= 15 is 0 Å². The van der Waals surface area contributed by atoms with Gasteiger partial charge in [-0.05, 0) is 74.3 Å². The van der Waals surface area contributed by atoms with Crippen molar-refractivity contribution in [3.8, 4) is 11.3 Å². The highest BCUT2D eigenvalue weighted by Gasteiger charge is 2.34. The summed E-state index contributed by atoms with van der Waals surface area (Å²) in [6.45, 7) is 0.425. The molecular formula is C26H25Cl2NO4. The number of carboxylic acid groups (broad SMARTS) is 1. The van der Waals surface area contributed by atoms with E-state index < -0.39 is 5.97 Å². The lowest BCUT2D eigenvalue weighted by molar-refractivity contribution is 0.0129. The Morgan fingerprint density at radius 3 is 2.21 bits per heavy atom. The minimum absolute atomic E-state index is 0.163. The highest BCUT2D eigenvalue weighted by Crippen LogP contribution is 2.46. The molecule has 0 saturated heterocycles. The van der Waals surface area contributed by atoms with Gasteiger partial charge in [0.1, 0.15) is 11.5 Å². The van der Waals surface area contributed by atoms with Crippen molar-refractivity contribution in [2.45, 2.75) is 63.1 Å². The second-order valence-electron chi connectivity index (χ2n) is 8.96. The lowest BCUT2D eigenvalue weighted by Gasteiger charge is -2.29.